The van der Waals surface area contributed by atoms with E-state index in [1.807, 2.05) is 13.0 Å². The van der Waals surface area contributed by atoms with Gasteiger partial charge in [0, 0.05) is 17.8 Å². The molecule has 3 nitrogen and oxygen atoms in total. The smallest absolute Gasteiger partial charge is 0.160 e. The van der Waals surface area contributed by atoms with Crippen molar-refractivity contribution in [3.8, 4) is 11.4 Å². The van der Waals surface area contributed by atoms with Crippen LogP contribution in [0.2, 0.25) is 0 Å². The summed E-state index contributed by atoms with van der Waals surface area (Å²) in [6.45, 7) is 5.83. The molecule has 3 rings (SSSR count). The van der Waals surface area contributed by atoms with Gasteiger partial charge < -0.3 is 5.32 Å². The Labute approximate surface area is 125 Å². The normalized spacial score (nSPS) is 11.0. The lowest BCUT2D eigenvalue weighted by molar-refractivity contribution is 0.708. The summed E-state index contributed by atoms with van der Waals surface area (Å²) in [6.07, 6.45) is 0. The second kappa shape index (κ2) is 6.02. The molecular formula is C18H19N3. The van der Waals surface area contributed by atoms with Crippen molar-refractivity contribution < 1.29 is 0 Å². The van der Waals surface area contributed by atoms with Gasteiger partial charge in [-0.2, -0.15) is 0 Å². The minimum atomic E-state index is 0.775. The third-order valence-electron chi connectivity index (χ3n) is 3.49. The first kappa shape index (κ1) is 13.7. The van der Waals surface area contributed by atoms with Gasteiger partial charge in [0.15, 0.2) is 5.82 Å². The number of nitrogens with one attached hydrogen (secondary N) is 1. The van der Waals surface area contributed by atoms with E-state index in [-0.39, 0.29) is 0 Å². The lowest BCUT2D eigenvalue weighted by atomic mass is 10.0. The van der Waals surface area contributed by atoms with Gasteiger partial charge in [-0.3, -0.25) is 0 Å². The zero-order chi connectivity index (χ0) is 14.7. The minimum Gasteiger partial charge on any atom is -0.311 e. The van der Waals surface area contributed by atoms with E-state index < -0.39 is 0 Å². The third-order valence-corrected chi connectivity index (χ3v) is 3.49. The molecule has 0 saturated carbocycles. The van der Waals surface area contributed by atoms with Gasteiger partial charge in [0.2, 0.25) is 0 Å². The molecule has 0 aliphatic rings. The van der Waals surface area contributed by atoms with Crippen LogP contribution in [-0.2, 0) is 6.54 Å². The molecule has 1 aromatic heterocycles. The Morgan fingerprint density at radius 2 is 1.81 bits per heavy atom. The van der Waals surface area contributed by atoms with Crippen LogP contribution in [0.3, 0.4) is 0 Å². The maximum Gasteiger partial charge on any atom is 0.160 e. The van der Waals surface area contributed by atoms with E-state index in [0.29, 0.717) is 0 Å². The number of aryl methyl sites for hydroxylation is 1. The summed E-state index contributed by atoms with van der Waals surface area (Å²) in [6, 6.07) is 16.7. The lowest BCUT2D eigenvalue weighted by Crippen LogP contribution is -2.13. The van der Waals surface area contributed by atoms with Crippen LogP contribution in [0.15, 0.2) is 48.5 Å². The zero-order valence-electron chi connectivity index (χ0n) is 12.4. The molecule has 106 valence electrons. The molecule has 0 amide bonds. The minimum absolute atomic E-state index is 0.775. The fourth-order valence-electron chi connectivity index (χ4n) is 2.52. The highest BCUT2D eigenvalue weighted by Gasteiger charge is 2.08. The van der Waals surface area contributed by atoms with Crippen molar-refractivity contribution in [3.05, 3.63) is 59.9 Å². The Kier molecular flexibility index (Phi) is 3.93. The molecule has 0 radical (unpaired) electrons. The quantitative estimate of drug-likeness (QED) is 0.790. The molecule has 0 aliphatic carbocycles. The maximum atomic E-state index is 4.72. The SMILES string of the molecule is CCNCc1cc(C)nc(-c2cccc3ccccc23)n1. The number of hydrogen-bond donors (Lipinski definition) is 1. The number of benzene rings is 2. The van der Waals surface area contributed by atoms with Crippen molar-refractivity contribution in [2.75, 3.05) is 6.54 Å². The van der Waals surface area contributed by atoms with Crippen LogP contribution in [0.4, 0.5) is 0 Å². The van der Waals surface area contributed by atoms with E-state index >= 15 is 0 Å². The van der Waals surface area contributed by atoms with E-state index in [9.17, 15) is 0 Å². The highest BCUT2D eigenvalue weighted by molar-refractivity contribution is 5.95. The Morgan fingerprint density at radius 3 is 2.67 bits per heavy atom. The van der Waals surface area contributed by atoms with Crippen molar-refractivity contribution in [1.82, 2.24) is 15.3 Å². The summed E-state index contributed by atoms with van der Waals surface area (Å²) in [5.41, 5.74) is 3.13. The molecule has 0 spiro atoms. The largest absolute Gasteiger partial charge is 0.311 e. The maximum absolute atomic E-state index is 4.72. The molecule has 0 atom stereocenters. The Balaban J connectivity index is 2.12. The zero-order valence-corrected chi connectivity index (χ0v) is 12.4. The molecule has 0 fully saturated rings. The van der Waals surface area contributed by atoms with Gasteiger partial charge in [-0.05, 0) is 30.3 Å². The van der Waals surface area contributed by atoms with Gasteiger partial charge in [-0.1, -0.05) is 49.4 Å². The first-order valence-corrected chi connectivity index (χ1v) is 7.31. The van der Waals surface area contributed by atoms with Crippen molar-refractivity contribution in [2.24, 2.45) is 0 Å². The van der Waals surface area contributed by atoms with Crippen molar-refractivity contribution in [2.45, 2.75) is 20.4 Å². The predicted molar refractivity (Wildman–Crippen MR) is 87.1 cm³/mol. The average Bonchev–Trinajstić information content (AvgIpc) is 2.52. The predicted octanol–water partition coefficient (Wildman–Crippen LogP) is 3.71. The number of nitrogens with zero attached hydrogens (tertiary/aromatic N) is 2. The lowest BCUT2D eigenvalue weighted by Gasteiger charge is -2.09. The van der Waals surface area contributed by atoms with Crippen LogP contribution in [0, 0.1) is 6.92 Å². The topological polar surface area (TPSA) is 37.8 Å². The van der Waals surface area contributed by atoms with Crippen LogP contribution in [-0.4, -0.2) is 16.5 Å². The molecule has 0 bridgehead atoms. The number of aromatic nitrogens is 2. The van der Waals surface area contributed by atoms with Crippen molar-refractivity contribution in [1.29, 1.82) is 0 Å². The van der Waals surface area contributed by atoms with Gasteiger partial charge in [-0.15, -0.1) is 0 Å². The van der Waals surface area contributed by atoms with Gasteiger partial charge in [0.25, 0.3) is 0 Å². The van der Waals surface area contributed by atoms with E-state index in [4.69, 9.17) is 4.98 Å². The van der Waals surface area contributed by atoms with Gasteiger partial charge in [-0.25, -0.2) is 9.97 Å². The summed E-state index contributed by atoms with van der Waals surface area (Å²) < 4.78 is 0. The standard InChI is InChI=1S/C18H19N3/c1-3-19-12-15-11-13(2)20-18(21-15)17-10-6-8-14-7-4-5-9-16(14)17/h4-11,19H,3,12H2,1-2H3. The van der Waals surface area contributed by atoms with Gasteiger partial charge in [0.1, 0.15) is 0 Å². The number of fused-ring (bicyclic) bond motifs is 1. The Hall–Kier alpha value is -2.26. The van der Waals surface area contributed by atoms with Crippen molar-refractivity contribution >= 4 is 10.8 Å². The highest BCUT2D eigenvalue weighted by Crippen LogP contribution is 2.26. The fourth-order valence-corrected chi connectivity index (χ4v) is 2.52. The number of hydrogen-bond acceptors (Lipinski definition) is 3. The molecule has 0 aliphatic heterocycles. The van der Waals surface area contributed by atoms with E-state index in [2.05, 4.69) is 59.7 Å². The fraction of sp³-hybridized carbons (Fsp3) is 0.222. The third kappa shape index (κ3) is 2.93. The second-order valence-electron chi connectivity index (χ2n) is 5.13. The number of rotatable bonds is 4. The molecule has 0 saturated heterocycles. The first-order chi connectivity index (χ1) is 10.3. The average molecular weight is 277 g/mol. The second-order valence-corrected chi connectivity index (χ2v) is 5.13. The molecule has 21 heavy (non-hydrogen) atoms. The summed E-state index contributed by atoms with van der Waals surface area (Å²) >= 11 is 0. The molecule has 1 heterocycles. The van der Waals surface area contributed by atoms with Crippen LogP contribution < -0.4 is 5.32 Å². The van der Waals surface area contributed by atoms with E-state index in [1.54, 1.807) is 0 Å². The van der Waals surface area contributed by atoms with E-state index in [1.165, 1.54) is 10.8 Å². The molecule has 0 unspecified atom stereocenters. The molecular weight excluding hydrogens is 258 g/mol. The molecule has 3 heteroatoms. The van der Waals surface area contributed by atoms with Crippen LogP contribution in [0.25, 0.3) is 22.2 Å². The summed E-state index contributed by atoms with van der Waals surface area (Å²) in [7, 11) is 0. The first-order valence-electron chi connectivity index (χ1n) is 7.31. The Bertz CT molecular complexity index is 760. The highest BCUT2D eigenvalue weighted by atomic mass is 14.9. The molecule has 2 aromatic carbocycles. The van der Waals surface area contributed by atoms with Crippen LogP contribution in [0.5, 0.6) is 0 Å². The van der Waals surface area contributed by atoms with Crippen LogP contribution in [0.1, 0.15) is 18.3 Å². The molecule has 3 aromatic rings. The van der Waals surface area contributed by atoms with Crippen molar-refractivity contribution in [3.63, 3.8) is 0 Å². The molecule has 1 N–H and O–H groups in total. The summed E-state index contributed by atoms with van der Waals surface area (Å²) in [4.78, 5) is 9.34. The Morgan fingerprint density at radius 1 is 1.00 bits per heavy atom. The summed E-state index contributed by atoms with van der Waals surface area (Å²) in [5, 5.41) is 5.73. The summed E-state index contributed by atoms with van der Waals surface area (Å²) in [5.74, 6) is 0.805. The van der Waals surface area contributed by atoms with Gasteiger partial charge >= 0.3 is 0 Å². The monoisotopic (exact) mass is 277 g/mol. The van der Waals surface area contributed by atoms with E-state index in [0.717, 1.165) is 35.9 Å². The van der Waals surface area contributed by atoms with Crippen LogP contribution >= 0.6 is 0 Å². The van der Waals surface area contributed by atoms with Gasteiger partial charge in [0.05, 0.1) is 5.69 Å².